The molecule has 0 aromatic heterocycles. The highest BCUT2D eigenvalue weighted by atomic mass is 19.1. The van der Waals surface area contributed by atoms with Crippen LogP contribution in [-0.2, 0) is 6.54 Å². The minimum absolute atomic E-state index is 0.187. The molecule has 0 aliphatic carbocycles. The minimum Gasteiger partial charge on any atom is -0.399 e. The number of nitrogen functional groups attached to an aromatic ring is 1. The van der Waals surface area contributed by atoms with Gasteiger partial charge in [0.15, 0.2) is 0 Å². The van der Waals surface area contributed by atoms with Crippen LogP contribution in [0.15, 0.2) is 18.2 Å². The SMILES string of the molecule is CCCCN(CCCC)Cc1ccc(N)cc1F. The Balaban J connectivity index is 2.62. The molecule has 0 fully saturated rings. The summed E-state index contributed by atoms with van der Waals surface area (Å²) in [5.74, 6) is -0.187. The van der Waals surface area contributed by atoms with Crippen LogP contribution in [0.1, 0.15) is 45.1 Å². The van der Waals surface area contributed by atoms with Crippen LogP contribution in [0.5, 0.6) is 0 Å². The van der Waals surface area contributed by atoms with Crippen molar-refractivity contribution in [3.8, 4) is 0 Å². The number of hydrogen-bond acceptors (Lipinski definition) is 2. The number of halogens is 1. The Labute approximate surface area is 110 Å². The van der Waals surface area contributed by atoms with E-state index in [0.717, 1.165) is 18.7 Å². The maximum absolute atomic E-state index is 13.7. The van der Waals surface area contributed by atoms with Gasteiger partial charge in [-0.3, -0.25) is 4.90 Å². The second-order valence-corrected chi connectivity index (χ2v) is 4.83. The summed E-state index contributed by atoms with van der Waals surface area (Å²) in [6.07, 6.45) is 4.68. The number of rotatable bonds is 8. The van der Waals surface area contributed by atoms with Crippen molar-refractivity contribution >= 4 is 5.69 Å². The highest BCUT2D eigenvalue weighted by Gasteiger charge is 2.09. The molecule has 0 aliphatic rings. The molecule has 102 valence electrons. The van der Waals surface area contributed by atoms with Gasteiger partial charge < -0.3 is 5.73 Å². The average molecular weight is 252 g/mol. The van der Waals surface area contributed by atoms with Crippen LogP contribution in [0, 0.1) is 5.82 Å². The molecule has 0 unspecified atom stereocenters. The van der Waals surface area contributed by atoms with Gasteiger partial charge in [-0.25, -0.2) is 4.39 Å². The fourth-order valence-corrected chi connectivity index (χ4v) is 1.97. The molecular formula is C15H25FN2. The van der Waals surface area contributed by atoms with Gasteiger partial charge in [0.05, 0.1) is 0 Å². The first-order valence-corrected chi connectivity index (χ1v) is 6.93. The lowest BCUT2D eigenvalue weighted by Gasteiger charge is -2.22. The van der Waals surface area contributed by atoms with Gasteiger partial charge in [-0.15, -0.1) is 0 Å². The van der Waals surface area contributed by atoms with Crippen molar-refractivity contribution in [1.82, 2.24) is 4.90 Å². The fourth-order valence-electron chi connectivity index (χ4n) is 1.97. The van der Waals surface area contributed by atoms with Crippen LogP contribution >= 0.6 is 0 Å². The van der Waals surface area contributed by atoms with Crippen molar-refractivity contribution in [2.24, 2.45) is 0 Å². The Bertz CT molecular complexity index is 344. The Hall–Kier alpha value is -1.09. The first-order chi connectivity index (χ1) is 8.67. The average Bonchev–Trinajstić information content (AvgIpc) is 2.35. The van der Waals surface area contributed by atoms with Gasteiger partial charge in [0.1, 0.15) is 5.82 Å². The lowest BCUT2D eigenvalue weighted by Crippen LogP contribution is -2.26. The number of benzene rings is 1. The number of hydrogen-bond donors (Lipinski definition) is 1. The van der Waals surface area contributed by atoms with E-state index in [0.29, 0.717) is 12.2 Å². The zero-order chi connectivity index (χ0) is 13.4. The molecule has 1 aromatic rings. The number of nitrogens with two attached hydrogens (primary N) is 1. The third kappa shape index (κ3) is 5.05. The van der Waals surface area contributed by atoms with E-state index < -0.39 is 0 Å². The Morgan fingerprint density at radius 3 is 2.22 bits per heavy atom. The van der Waals surface area contributed by atoms with Crippen LogP contribution in [0.25, 0.3) is 0 Å². The fraction of sp³-hybridized carbons (Fsp3) is 0.600. The van der Waals surface area contributed by atoms with Crippen molar-refractivity contribution in [3.63, 3.8) is 0 Å². The van der Waals surface area contributed by atoms with Crippen molar-refractivity contribution in [2.45, 2.75) is 46.1 Å². The molecule has 0 radical (unpaired) electrons. The summed E-state index contributed by atoms with van der Waals surface area (Å²) in [6.45, 7) is 7.14. The van der Waals surface area contributed by atoms with Gasteiger partial charge in [0.25, 0.3) is 0 Å². The predicted molar refractivity (Wildman–Crippen MR) is 75.9 cm³/mol. The van der Waals surface area contributed by atoms with Gasteiger partial charge >= 0.3 is 0 Å². The molecule has 2 nitrogen and oxygen atoms in total. The lowest BCUT2D eigenvalue weighted by molar-refractivity contribution is 0.253. The molecule has 3 heteroatoms. The van der Waals surface area contributed by atoms with E-state index in [1.807, 2.05) is 0 Å². The van der Waals surface area contributed by atoms with Gasteiger partial charge in [-0.2, -0.15) is 0 Å². The molecule has 0 amide bonds. The molecule has 1 aromatic carbocycles. The molecule has 0 atom stereocenters. The van der Waals surface area contributed by atoms with Crippen molar-refractivity contribution in [2.75, 3.05) is 18.8 Å². The van der Waals surface area contributed by atoms with Gasteiger partial charge in [0.2, 0.25) is 0 Å². The highest BCUT2D eigenvalue weighted by Crippen LogP contribution is 2.15. The second-order valence-electron chi connectivity index (χ2n) is 4.83. The lowest BCUT2D eigenvalue weighted by atomic mass is 10.1. The van der Waals surface area contributed by atoms with Gasteiger partial charge in [-0.05, 0) is 38.1 Å². The number of anilines is 1. The van der Waals surface area contributed by atoms with Gasteiger partial charge in [-0.1, -0.05) is 32.8 Å². The minimum atomic E-state index is -0.187. The molecule has 1 rings (SSSR count). The van der Waals surface area contributed by atoms with E-state index in [4.69, 9.17) is 5.73 Å². The molecule has 0 aliphatic heterocycles. The summed E-state index contributed by atoms with van der Waals surface area (Å²) in [5.41, 5.74) is 6.80. The summed E-state index contributed by atoms with van der Waals surface area (Å²) in [5, 5.41) is 0. The third-order valence-corrected chi connectivity index (χ3v) is 3.13. The largest absolute Gasteiger partial charge is 0.399 e. The van der Waals surface area contributed by atoms with E-state index in [9.17, 15) is 4.39 Å². The number of nitrogens with zero attached hydrogens (tertiary/aromatic N) is 1. The summed E-state index contributed by atoms with van der Waals surface area (Å²) >= 11 is 0. The van der Waals surface area contributed by atoms with Gasteiger partial charge in [0, 0.05) is 17.8 Å². The van der Waals surface area contributed by atoms with E-state index in [-0.39, 0.29) is 5.82 Å². The molecule has 0 heterocycles. The molecule has 0 saturated carbocycles. The van der Waals surface area contributed by atoms with Crippen molar-refractivity contribution in [1.29, 1.82) is 0 Å². The summed E-state index contributed by atoms with van der Waals surface area (Å²) in [7, 11) is 0. The maximum Gasteiger partial charge on any atom is 0.129 e. The molecule has 0 saturated heterocycles. The van der Waals surface area contributed by atoms with Crippen LogP contribution in [0.4, 0.5) is 10.1 Å². The molecule has 0 spiro atoms. The Kier molecular flexibility index (Phi) is 6.73. The normalized spacial score (nSPS) is 11.1. The molecular weight excluding hydrogens is 227 g/mol. The third-order valence-electron chi connectivity index (χ3n) is 3.13. The monoisotopic (exact) mass is 252 g/mol. The van der Waals surface area contributed by atoms with E-state index in [2.05, 4.69) is 18.7 Å². The summed E-state index contributed by atoms with van der Waals surface area (Å²) in [4.78, 5) is 2.33. The first-order valence-electron chi connectivity index (χ1n) is 6.93. The van der Waals surface area contributed by atoms with Crippen LogP contribution in [0.3, 0.4) is 0 Å². The van der Waals surface area contributed by atoms with Crippen LogP contribution in [-0.4, -0.2) is 18.0 Å². The van der Waals surface area contributed by atoms with E-state index in [1.54, 1.807) is 12.1 Å². The second kappa shape index (κ2) is 8.09. The Morgan fingerprint density at radius 2 is 1.72 bits per heavy atom. The predicted octanol–water partition coefficient (Wildman–Crippen LogP) is 3.81. The summed E-state index contributed by atoms with van der Waals surface area (Å²) < 4.78 is 13.7. The van der Waals surface area contributed by atoms with E-state index >= 15 is 0 Å². The van der Waals surface area contributed by atoms with Crippen molar-refractivity contribution < 1.29 is 4.39 Å². The molecule has 18 heavy (non-hydrogen) atoms. The summed E-state index contributed by atoms with van der Waals surface area (Å²) in [6, 6.07) is 4.99. The quantitative estimate of drug-likeness (QED) is 0.713. The topological polar surface area (TPSA) is 29.3 Å². The smallest absolute Gasteiger partial charge is 0.129 e. The van der Waals surface area contributed by atoms with Crippen LogP contribution in [0.2, 0.25) is 0 Å². The number of unbranched alkanes of at least 4 members (excludes halogenated alkanes) is 2. The first kappa shape index (κ1) is 15.0. The molecule has 2 N–H and O–H groups in total. The highest BCUT2D eigenvalue weighted by molar-refractivity contribution is 5.40. The van der Waals surface area contributed by atoms with E-state index in [1.165, 1.54) is 31.7 Å². The molecule has 0 bridgehead atoms. The Morgan fingerprint density at radius 1 is 1.11 bits per heavy atom. The maximum atomic E-state index is 13.7. The van der Waals surface area contributed by atoms with Crippen LogP contribution < -0.4 is 5.73 Å². The zero-order valence-electron chi connectivity index (χ0n) is 11.6. The standard InChI is InChI=1S/C15H25FN2/c1-3-5-9-18(10-6-4-2)12-13-7-8-14(17)11-15(13)16/h7-8,11H,3-6,9-10,12,17H2,1-2H3. The zero-order valence-corrected chi connectivity index (χ0v) is 11.6. The van der Waals surface area contributed by atoms with Crippen molar-refractivity contribution in [3.05, 3.63) is 29.6 Å².